The zero-order valence-electron chi connectivity index (χ0n) is 16.0. The third-order valence-corrected chi connectivity index (χ3v) is 6.69. The van der Waals surface area contributed by atoms with Gasteiger partial charge >= 0.3 is 6.03 Å². The van der Waals surface area contributed by atoms with E-state index in [-0.39, 0.29) is 24.5 Å². The summed E-state index contributed by atoms with van der Waals surface area (Å²) in [6.45, 7) is 1.86. The molecule has 0 bridgehead atoms. The molecule has 3 fully saturated rings. The highest BCUT2D eigenvalue weighted by Crippen LogP contribution is 2.45. The summed E-state index contributed by atoms with van der Waals surface area (Å²) >= 11 is 0. The number of imidazole rings is 1. The maximum absolute atomic E-state index is 13.0. The summed E-state index contributed by atoms with van der Waals surface area (Å²) in [7, 11) is 0. The van der Waals surface area contributed by atoms with Crippen molar-refractivity contribution < 1.29 is 9.59 Å². The van der Waals surface area contributed by atoms with Gasteiger partial charge in [-0.2, -0.15) is 0 Å². The Labute approximate surface area is 165 Å². The SMILES string of the molecule is O=C1[C@@H]2[C@@H]3CCC[C@H]3CN2C(=O)N1Cc1nccn1CCCc1ccccc1. The number of aromatic nitrogens is 2. The van der Waals surface area contributed by atoms with E-state index < -0.39 is 0 Å². The Morgan fingerprint density at radius 2 is 1.96 bits per heavy atom. The van der Waals surface area contributed by atoms with Gasteiger partial charge in [-0.15, -0.1) is 0 Å². The molecule has 6 nitrogen and oxygen atoms in total. The van der Waals surface area contributed by atoms with Crippen LogP contribution in [0.5, 0.6) is 0 Å². The van der Waals surface area contributed by atoms with E-state index in [1.54, 1.807) is 6.20 Å². The number of hydrogen-bond donors (Lipinski definition) is 0. The third-order valence-electron chi connectivity index (χ3n) is 6.69. The molecule has 2 aliphatic heterocycles. The molecule has 1 aliphatic carbocycles. The number of fused-ring (bicyclic) bond motifs is 3. The molecule has 1 aromatic carbocycles. The first-order valence-corrected chi connectivity index (χ1v) is 10.4. The lowest BCUT2D eigenvalue weighted by Crippen LogP contribution is -2.35. The molecule has 1 aromatic heterocycles. The lowest BCUT2D eigenvalue weighted by atomic mass is 9.93. The van der Waals surface area contributed by atoms with Crippen molar-refractivity contribution in [2.24, 2.45) is 11.8 Å². The van der Waals surface area contributed by atoms with E-state index in [1.165, 1.54) is 16.9 Å². The van der Waals surface area contributed by atoms with Gasteiger partial charge in [0.25, 0.3) is 5.91 Å². The zero-order valence-corrected chi connectivity index (χ0v) is 16.0. The number of nitrogens with zero attached hydrogens (tertiary/aromatic N) is 4. The van der Waals surface area contributed by atoms with Gasteiger partial charge < -0.3 is 9.47 Å². The predicted octanol–water partition coefficient (Wildman–Crippen LogP) is 3.08. The van der Waals surface area contributed by atoms with Crippen LogP contribution in [0, 0.1) is 11.8 Å². The molecule has 2 saturated heterocycles. The number of amides is 3. The zero-order chi connectivity index (χ0) is 19.1. The fourth-order valence-electron chi connectivity index (χ4n) is 5.31. The second-order valence-corrected chi connectivity index (χ2v) is 8.29. The van der Waals surface area contributed by atoms with Crippen LogP contribution in [0.4, 0.5) is 4.79 Å². The Morgan fingerprint density at radius 3 is 2.82 bits per heavy atom. The van der Waals surface area contributed by atoms with Gasteiger partial charge in [0.1, 0.15) is 11.9 Å². The summed E-state index contributed by atoms with van der Waals surface area (Å²) in [5, 5.41) is 0. The summed E-state index contributed by atoms with van der Waals surface area (Å²) < 4.78 is 2.07. The molecule has 0 radical (unpaired) electrons. The molecule has 2 aromatic rings. The Morgan fingerprint density at radius 1 is 1.11 bits per heavy atom. The number of benzene rings is 1. The molecule has 3 heterocycles. The van der Waals surface area contributed by atoms with E-state index in [4.69, 9.17) is 0 Å². The highest BCUT2D eigenvalue weighted by molar-refractivity contribution is 6.04. The first-order chi connectivity index (χ1) is 13.7. The summed E-state index contributed by atoms with van der Waals surface area (Å²) in [6.07, 6.45) is 9.12. The van der Waals surface area contributed by atoms with Crippen LogP contribution >= 0.6 is 0 Å². The summed E-state index contributed by atoms with van der Waals surface area (Å²) in [4.78, 5) is 33.5. The van der Waals surface area contributed by atoms with E-state index in [1.807, 2.05) is 17.2 Å². The Bertz CT molecular complexity index is 878. The van der Waals surface area contributed by atoms with Gasteiger partial charge in [0.05, 0.1) is 6.54 Å². The molecule has 0 N–H and O–H groups in total. The molecule has 1 saturated carbocycles. The first kappa shape index (κ1) is 17.5. The molecule has 0 unspecified atom stereocenters. The van der Waals surface area contributed by atoms with Crippen molar-refractivity contribution in [1.82, 2.24) is 19.4 Å². The van der Waals surface area contributed by atoms with Crippen LogP contribution in [0.1, 0.15) is 37.1 Å². The second kappa shape index (κ2) is 7.08. The van der Waals surface area contributed by atoms with Gasteiger partial charge in [0.15, 0.2) is 0 Å². The van der Waals surface area contributed by atoms with Crippen molar-refractivity contribution in [3.63, 3.8) is 0 Å². The van der Waals surface area contributed by atoms with Gasteiger partial charge in [0, 0.05) is 25.5 Å². The molecule has 3 amide bonds. The molecule has 3 aliphatic rings. The molecule has 6 heteroatoms. The number of urea groups is 1. The van der Waals surface area contributed by atoms with E-state index >= 15 is 0 Å². The van der Waals surface area contributed by atoms with Crippen molar-refractivity contribution in [3.05, 3.63) is 54.1 Å². The van der Waals surface area contributed by atoms with Crippen LogP contribution in [0.15, 0.2) is 42.7 Å². The molecule has 146 valence electrons. The lowest BCUT2D eigenvalue weighted by molar-refractivity contribution is -0.129. The van der Waals surface area contributed by atoms with E-state index in [2.05, 4.69) is 33.8 Å². The van der Waals surface area contributed by atoms with Crippen molar-refractivity contribution in [3.8, 4) is 0 Å². The van der Waals surface area contributed by atoms with E-state index in [0.717, 1.165) is 44.6 Å². The third kappa shape index (κ3) is 2.91. The van der Waals surface area contributed by atoms with E-state index in [0.29, 0.717) is 11.8 Å². The average Bonchev–Trinajstić information content (AvgIpc) is 3.44. The highest BCUT2D eigenvalue weighted by Gasteiger charge is 2.56. The quantitative estimate of drug-likeness (QED) is 0.726. The molecule has 3 atom stereocenters. The van der Waals surface area contributed by atoms with Gasteiger partial charge in [0.2, 0.25) is 0 Å². The predicted molar refractivity (Wildman–Crippen MR) is 104 cm³/mol. The van der Waals surface area contributed by atoms with Crippen LogP contribution in [-0.2, 0) is 24.3 Å². The number of aryl methyl sites for hydroxylation is 2. The standard InChI is InChI=1S/C22H26N4O2/c27-21-20-18-10-4-9-17(18)14-25(20)22(28)26(21)15-19-23-11-13-24(19)12-5-8-16-6-2-1-3-7-16/h1-3,6-7,11,13,17-18,20H,4-5,8-10,12,14-15H2/t17-,18+,20-/m0/s1. The van der Waals surface area contributed by atoms with Gasteiger partial charge in [-0.25, -0.2) is 9.78 Å². The minimum Gasteiger partial charge on any atom is -0.333 e. The number of carbonyl (C=O) groups is 2. The smallest absolute Gasteiger partial charge is 0.327 e. The van der Waals surface area contributed by atoms with Crippen LogP contribution < -0.4 is 0 Å². The van der Waals surface area contributed by atoms with E-state index in [9.17, 15) is 9.59 Å². The largest absolute Gasteiger partial charge is 0.333 e. The number of carbonyl (C=O) groups excluding carboxylic acids is 2. The summed E-state index contributed by atoms with van der Waals surface area (Å²) in [6, 6.07) is 10.1. The highest BCUT2D eigenvalue weighted by atomic mass is 16.2. The first-order valence-electron chi connectivity index (χ1n) is 10.4. The number of rotatable bonds is 6. The fraction of sp³-hybridized carbons (Fsp3) is 0.500. The van der Waals surface area contributed by atoms with Gasteiger partial charge in [-0.1, -0.05) is 36.8 Å². The number of hydrogen-bond acceptors (Lipinski definition) is 3. The fourth-order valence-corrected chi connectivity index (χ4v) is 5.31. The molecule has 0 spiro atoms. The molecular formula is C22H26N4O2. The van der Waals surface area contributed by atoms with Crippen molar-refractivity contribution >= 4 is 11.9 Å². The summed E-state index contributed by atoms with van der Waals surface area (Å²) in [5.41, 5.74) is 1.32. The molecular weight excluding hydrogens is 352 g/mol. The van der Waals surface area contributed by atoms with Crippen molar-refractivity contribution in [1.29, 1.82) is 0 Å². The minimum absolute atomic E-state index is 0.0155. The minimum atomic E-state index is -0.221. The summed E-state index contributed by atoms with van der Waals surface area (Å²) in [5.74, 6) is 1.67. The topological polar surface area (TPSA) is 58.4 Å². The van der Waals surface area contributed by atoms with Gasteiger partial charge in [-0.05, 0) is 43.1 Å². The van der Waals surface area contributed by atoms with Gasteiger partial charge in [-0.3, -0.25) is 9.69 Å². The maximum Gasteiger partial charge on any atom is 0.327 e. The van der Waals surface area contributed by atoms with Crippen molar-refractivity contribution in [2.45, 2.75) is 51.2 Å². The Hall–Kier alpha value is -2.63. The van der Waals surface area contributed by atoms with Crippen LogP contribution in [0.3, 0.4) is 0 Å². The average molecular weight is 378 g/mol. The monoisotopic (exact) mass is 378 g/mol. The molecule has 5 rings (SSSR count). The lowest BCUT2D eigenvalue weighted by Gasteiger charge is -2.18. The second-order valence-electron chi connectivity index (χ2n) is 8.29. The molecule has 28 heavy (non-hydrogen) atoms. The maximum atomic E-state index is 13.0. The normalized spacial score (nSPS) is 26.2. The Balaban J connectivity index is 1.24. The van der Waals surface area contributed by atoms with Crippen molar-refractivity contribution in [2.75, 3.05) is 6.54 Å². The van der Waals surface area contributed by atoms with Crippen LogP contribution in [0.2, 0.25) is 0 Å². The number of imide groups is 1. The Kier molecular flexibility index (Phi) is 4.41. The van der Waals surface area contributed by atoms with Crippen LogP contribution in [-0.4, -0.2) is 43.9 Å². The van der Waals surface area contributed by atoms with Crippen LogP contribution in [0.25, 0.3) is 0 Å².